The fourth-order valence-corrected chi connectivity index (χ4v) is 6.48. The Labute approximate surface area is 278 Å². The highest BCUT2D eigenvalue weighted by Crippen LogP contribution is 2.46. The van der Waals surface area contributed by atoms with Crippen molar-refractivity contribution in [1.29, 1.82) is 0 Å². The van der Waals surface area contributed by atoms with Crippen LogP contribution in [0.25, 0.3) is 11.2 Å². The van der Waals surface area contributed by atoms with Crippen molar-refractivity contribution in [3.05, 3.63) is 78.4 Å². The molecule has 6 atom stereocenters. The summed E-state index contributed by atoms with van der Waals surface area (Å²) < 4.78 is 92.0. The molecular weight excluding hydrogens is 675 g/mol. The van der Waals surface area contributed by atoms with Gasteiger partial charge in [-0.1, -0.05) is 30.3 Å². The molecule has 5 rings (SSSR count). The van der Waals surface area contributed by atoms with Gasteiger partial charge in [-0.2, -0.15) is 18.3 Å². The Kier molecular flexibility index (Phi) is 11.2. The van der Waals surface area contributed by atoms with Crippen molar-refractivity contribution in [1.82, 2.24) is 24.6 Å². The molecule has 3 heterocycles. The lowest BCUT2D eigenvalue weighted by atomic mass is 10.1. The maximum absolute atomic E-state index is 15.3. The van der Waals surface area contributed by atoms with Crippen LogP contribution in [0.15, 0.2) is 67.3 Å². The van der Waals surface area contributed by atoms with Gasteiger partial charge in [0.25, 0.3) is 0 Å². The molecule has 1 saturated heterocycles. The SMILES string of the molecule is CC(C)OC(=O)[C@H](C)N[P@](=O)(OC[C@H]1O[C@@H](Cn2cnc3c(NCc4cccc(C(F)(F)F)c4)ncnc32)[C@H](O)[C@@H]1F)Oc1ccccc1. The first-order valence-electron chi connectivity index (χ1n) is 15.2. The maximum Gasteiger partial charge on any atom is 0.459 e. The standard InChI is InChI=1S/C31H35F4N6O7P/c1-18(2)46-30(43)19(3)40-49(44,48-22-10-5-4-6-11-22)45-15-24-25(32)27(42)23(47-24)14-41-17-39-26-28(37-16-38-29(26)41)36-13-20-8-7-9-21(12-20)31(33,34)35/h4-12,16-19,23-25,27,42H,13-15H2,1-3H3,(H,40,44)(H,36,37,38)/t19-,23-,24+,25+,27-,49-/m0/s1. The number of esters is 1. The van der Waals surface area contributed by atoms with E-state index in [1.165, 1.54) is 48.4 Å². The molecule has 3 N–H and O–H groups in total. The van der Waals surface area contributed by atoms with Crippen LogP contribution < -0.4 is 14.9 Å². The summed E-state index contributed by atoms with van der Waals surface area (Å²) in [5.41, 5.74) is 0.163. The second kappa shape index (κ2) is 15.2. The van der Waals surface area contributed by atoms with Crippen LogP contribution in [0.3, 0.4) is 0 Å². The van der Waals surface area contributed by atoms with E-state index in [9.17, 15) is 27.6 Å². The third-order valence-corrected chi connectivity index (χ3v) is 8.98. The first kappa shape index (κ1) is 36.1. The van der Waals surface area contributed by atoms with E-state index in [1.54, 1.807) is 32.0 Å². The van der Waals surface area contributed by atoms with Gasteiger partial charge in [0.1, 0.15) is 41.9 Å². The first-order valence-corrected chi connectivity index (χ1v) is 16.8. The van der Waals surface area contributed by atoms with E-state index in [2.05, 4.69) is 25.4 Å². The molecule has 0 unspecified atom stereocenters. The lowest BCUT2D eigenvalue weighted by Gasteiger charge is -2.24. The molecule has 1 aliphatic heterocycles. The van der Waals surface area contributed by atoms with Crippen LogP contribution in [-0.2, 0) is 42.6 Å². The minimum Gasteiger partial charge on any atom is -0.462 e. The zero-order valence-corrected chi connectivity index (χ0v) is 27.5. The number of hydrogen-bond acceptors (Lipinski definition) is 11. The normalized spacial score (nSPS) is 21.4. The molecule has 13 nitrogen and oxygen atoms in total. The second-order valence-electron chi connectivity index (χ2n) is 11.5. The number of alkyl halides is 4. The average molecular weight is 711 g/mol. The number of rotatable bonds is 14. The predicted octanol–water partition coefficient (Wildman–Crippen LogP) is 5.06. The van der Waals surface area contributed by atoms with Gasteiger partial charge in [0.2, 0.25) is 0 Å². The molecule has 0 aliphatic carbocycles. The smallest absolute Gasteiger partial charge is 0.459 e. The Morgan fingerprint density at radius 2 is 1.84 bits per heavy atom. The highest BCUT2D eigenvalue weighted by Gasteiger charge is 2.46. The van der Waals surface area contributed by atoms with E-state index >= 15 is 4.39 Å². The fourth-order valence-electron chi connectivity index (χ4n) is 4.97. The Hall–Kier alpha value is -4.15. The van der Waals surface area contributed by atoms with E-state index in [4.69, 9.17) is 18.5 Å². The Bertz CT molecular complexity index is 1780. The highest BCUT2D eigenvalue weighted by molar-refractivity contribution is 7.52. The largest absolute Gasteiger partial charge is 0.462 e. The summed E-state index contributed by atoms with van der Waals surface area (Å²) in [6.07, 6.45) is -8.36. The molecular formula is C31H35F4N6O7P. The van der Waals surface area contributed by atoms with Crippen LogP contribution in [0.5, 0.6) is 5.75 Å². The predicted molar refractivity (Wildman–Crippen MR) is 168 cm³/mol. The van der Waals surface area contributed by atoms with Crippen LogP contribution in [0.4, 0.5) is 23.4 Å². The van der Waals surface area contributed by atoms with E-state index < -0.39 is 68.7 Å². The molecule has 4 aromatic rings. The van der Waals surface area contributed by atoms with Crippen LogP contribution >= 0.6 is 7.75 Å². The van der Waals surface area contributed by atoms with Crippen LogP contribution in [0, 0.1) is 0 Å². The summed E-state index contributed by atoms with van der Waals surface area (Å²) in [5.74, 6) is -0.309. The van der Waals surface area contributed by atoms with Crippen LogP contribution in [0.1, 0.15) is 31.9 Å². The number of nitrogens with zero attached hydrogens (tertiary/aromatic N) is 4. The molecule has 0 radical (unpaired) electrons. The van der Waals surface area contributed by atoms with Gasteiger partial charge in [-0.25, -0.2) is 23.9 Å². The van der Waals surface area contributed by atoms with E-state index in [0.29, 0.717) is 11.2 Å². The topological polar surface area (TPSA) is 159 Å². The third-order valence-electron chi connectivity index (χ3n) is 7.34. The van der Waals surface area contributed by atoms with Crippen molar-refractivity contribution in [2.75, 3.05) is 11.9 Å². The number of anilines is 1. The minimum atomic E-state index is -4.48. The number of halogens is 4. The van der Waals surface area contributed by atoms with Crippen molar-refractivity contribution in [3.63, 3.8) is 0 Å². The molecule has 0 bridgehead atoms. The molecule has 1 fully saturated rings. The second-order valence-corrected chi connectivity index (χ2v) is 13.2. The zero-order valence-electron chi connectivity index (χ0n) is 26.6. The van der Waals surface area contributed by atoms with Gasteiger partial charge in [0.05, 0.1) is 31.1 Å². The number of aliphatic hydroxyl groups excluding tert-OH is 1. The molecule has 0 spiro atoms. The van der Waals surface area contributed by atoms with Gasteiger partial charge in [0, 0.05) is 6.54 Å². The maximum atomic E-state index is 15.3. The number of aliphatic hydroxyl groups is 1. The third kappa shape index (κ3) is 9.10. The minimum absolute atomic E-state index is 0.0168. The quantitative estimate of drug-likeness (QED) is 0.0909. The van der Waals surface area contributed by atoms with E-state index in [1.807, 2.05) is 0 Å². The van der Waals surface area contributed by atoms with Crippen molar-refractivity contribution in [2.24, 2.45) is 0 Å². The van der Waals surface area contributed by atoms with Crippen LogP contribution in [0.2, 0.25) is 0 Å². The number of nitrogens with one attached hydrogen (secondary N) is 2. The lowest BCUT2D eigenvalue weighted by molar-refractivity contribution is -0.149. The van der Waals surface area contributed by atoms with Crippen molar-refractivity contribution >= 4 is 30.7 Å². The molecule has 0 amide bonds. The fraction of sp³-hybridized carbons (Fsp3) is 0.419. The zero-order chi connectivity index (χ0) is 35.3. The Morgan fingerprint density at radius 3 is 2.55 bits per heavy atom. The number of benzene rings is 2. The summed E-state index contributed by atoms with van der Waals surface area (Å²) in [6, 6.07) is 11.7. The molecule has 2 aromatic heterocycles. The summed E-state index contributed by atoms with van der Waals surface area (Å²) >= 11 is 0. The van der Waals surface area contributed by atoms with Gasteiger partial charge < -0.3 is 29.0 Å². The first-order chi connectivity index (χ1) is 23.2. The molecule has 0 saturated carbocycles. The summed E-state index contributed by atoms with van der Waals surface area (Å²) in [7, 11) is -4.32. The highest BCUT2D eigenvalue weighted by atomic mass is 31.2. The molecule has 264 valence electrons. The number of hydrogen-bond donors (Lipinski definition) is 3. The number of carbonyl (C=O) groups excluding carboxylic acids is 1. The summed E-state index contributed by atoms with van der Waals surface area (Å²) in [5, 5.41) is 16.2. The van der Waals surface area contributed by atoms with Crippen molar-refractivity contribution < 1.29 is 50.5 Å². The van der Waals surface area contributed by atoms with Gasteiger partial charge >= 0.3 is 19.9 Å². The Morgan fingerprint density at radius 1 is 1.08 bits per heavy atom. The van der Waals surface area contributed by atoms with Gasteiger partial charge in [-0.3, -0.25) is 9.32 Å². The summed E-state index contributed by atoms with van der Waals surface area (Å²) in [6.45, 7) is 4.01. The molecule has 18 heteroatoms. The lowest BCUT2D eigenvalue weighted by Crippen LogP contribution is -2.37. The molecule has 49 heavy (non-hydrogen) atoms. The van der Waals surface area contributed by atoms with E-state index in [-0.39, 0.29) is 30.2 Å². The number of para-hydroxylation sites is 1. The monoisotopic (exact) mass is 710 g/mol. The van der Waals surface area contributed by atoms with Crippen molar-refractivity contribution in [3.8, 4) is 5.75 Å². The van der Waals surface area contributed by atoms with Gasteiger partial charge in [0.15, 0.2) is 17.6 Å². The number of fused-ring (bicyclic) bond motifs is 1. The number of carbonyl (C=O) groups is 1. The van der Waals surface area contributed by atoms with Crippen molar-refractivity contribution in [2.45, 2.75) is 76.7 Å². The number of aromatic nitrogens is 4. The molecule has 2 aromatic carbocycles. The average Bonchev–Trinajstić information content (AvgIpc) is 3.59. The summed E-state index contributed by atoms with van der Waals surface area (Å²) in [4.78, 5) is 25.1. The number of imidazole rings is 1. The van der Waals surface area contributed by atoms with Crippen LogP contribution in [-0.4, -0.2) is 73.8 Å². The Balaban J connectivity index is 1.25. The van der Waals surface area contributed by atoms with Gasteiger partial charge in [-0.05, 0) is 50.6 Å². The number of ether oxygens (including phenoxy) is 2. The molecule has 1 aliphatic rings. The van der Waals surface area contributed by atoms with Gasteiger partial charge in [-0.15, -0.1) is 0 Å². The van der Waals surface area contributed by atoms with E-state index in [0.717, 1.165) is 12.1 Å².